The van der Waals surface area contributed by atoms with E-state index in [1.54, 1.807) is 16.7 Å². The Kier molecular flexibility index (Phi) is 4.31. The molecule has 1 fully saturated rings. The number of likely N-dealkylation sites (tertiary alicyclic amines) is 1. The van der Waals surface area contributed by atoms with Crippen molar-refractivity contribution >= 4 is 29.4 Å². The van der Waals surface area contributed by atoms with Gasteiger partial charge in [0.05, 0.1) is 5.92 Å². The molecule has 0 aromatic heterocycles. The number of hydrogen-bond acceptors (Lipinski definition) is 3. The number of anilines is 1. The SMILES string of the molecule is CSc1ccc(NC(=O)N2CCC(C(=O)O)C2)cc1. The fourth-order valence-electron chi connectivity index (χ4n) is 2.02. The van der Waals surface area contributed by atoms with Crippen molar-refractivity contribution in [3.05, 3.63) is 24.3 Å². The molecule has 2 rings (SSSR count). The van der Waals surface area contributed by atoms with Crippen molar-refractivity contribution in [3.63, 3.8) is 0 Å². The standard InChI is InChI=1S/C13H16N2O3S/c1-19-11-4-2-10(3-5-11)14-13(18)15-7-6-9(8-15)12(16)17/h2-5,9H,6-8H2,1H3,(H,14,18)(H,16,17). The van der Waals surface area contributed by atoms with E-state index in [4.69, 9.17) is 5.11 Å². The maximum Gasteiger partial charge on any atom is 0.321 e. The minimum atomic E-state index is -0.834. The fraction of sp³-hybridized carbons (Fsp3) is 0.385. The van der Waals surface area contributed by atoms with Crippen LogP contribution < -0.4 is 5.32 Å². The van der Waals surface area contributed by atoms with Gasteiger partial charge in [-0.3, -0.25) is 4.79 Å². The van der Waals surface area contributed by atoms with Crippen LogP contribution in [0.4, 0.5) is 10.5 Å². The average Bonchev–Trinajstić information content (AvgIpc) is 2.89. The van der Waals surface area contributed by atoms with Crippen molar-refractivity contribution in [1.82, 2.24) is 4.90 Å². The monoisotopic (exact) mass is 280 g/mol. The second kappa shape index (κ2) is 5.97. The number of carbonyl (C=O) groups excluding carboxylic acids is 1. The zero-order valence-corrected chi connectivity index (χ0v) is 11.4. The molecular formula is C13H16N2O3S. The van der Waals surface area contributed by atoms with Gasteiger partial charge in [-0.25, -0.2) is 4.79 Å². The molecule has 102 valence electrons. The largest absolute Gasteiger partial charge is 0.481 e. The molecule has 1 unspecified atom stereocenters. The average molecular weight is 280 g/mol. The molecule has 1 aliphatic rings. The van der Waals surface area contributed by atoms with E-state index in [9.17, 15) is 9.59 Å². The van der Waals surface area contributed by atoms with Crippen molar-refractivity contribution in [1.29, 1.82) is 0 Å². The van der Waals surface area contributed by atoms with E-state index in [0.29, 0.717) is 13.0 Å². The molecule has 1 aromatic rings. The summed E-state index contributed by atoms with van der Waals surface area (Å²) in [6.45, 7) is 0.774. The number of thioether (sulfide) groups is 1. The summed E-state index contributed by atoms with van der Waals surface area (Å²) in [5, 5.41) is 11.7. The predicted octanol–water partition coefficient (Wildman–Crippen LogP) is 2.35. The number of carboxylic acid groups (broad SMARTS) is 1. The van der Waals surface area contributed by atoms with Crippen LogP contribution in [0.1, 0.15) is 6.42 Å². The molecule has 0 radical (unpaired) electrons. The Hall–Kier alpha value is -1.69. The first-order valence-electron chi connectivity index (χ1n) is 6.03. The third kappa shape index (κ3) is 3.41. The second-order valence-electron chi connectivity index (χ2n) is 4.43. The molecule has 1 aromatic carbocycles. The number of rotatable bonds is 3. The fourth-order valence-corrected chi connectivity index (χ4v) is 2.43. The number of hydrogen-bond donors (Lipinski definition) is 2. The van der Waals surface area contributed by atoms with E-state index in [-0.39, 0.29) is 12.6 Å². The van der Waals surface area contributed by atoms with Crippen LogP contribution in [0.5, 0.6) is 0 Å². The first-order valence-corrected chi connectivity index (χ1v) is 7.25. The Morgan fingerprint density at radius 3 is 2.58 bits per heavy atom. The number of amides is 2. The molecule has 1 heterocycles. The first kappa shape index (κ1) is 13.7. The number of benzene rings is 1. The normalized spacial score (nSPS) is 18.4. The van der Waals surface area contributed by atoms with Crippen LogP contribution in [0, 0.1) is 5.92 Å². The zero-order valence-electron chi connectivity index (χ0n) is 10.6. The van der Waals surface area contributed by atoms with Crippen molar-refractivity contribution < 1.29 is 14.7 Å². The number of nitrogens with one attached hydrogen (secondary N) is 1. The van der Waals surface area contributed by atoms with Crippen LogP contribution in [-0.2, 0) is 4.79 Å². The summed E-state index contributed by atoms with van der Waals surface area (Å²) in [5.41, 5.74) is 0.724. The first-order chi connectivity index (χ1) is 9.10. The van der Waals surface area contributed by atoms with Gasteiger partial charge in [-0.15, -0.1) is 11.8 Å². The summed E-state index contributed by atoms with van der Waals surface area (Å²) in [6, 6.07) is 7.32. The molecule has 0 aliphatic carbocycles. The van der Waals surface area contributed by atoms with Gasteiger partial charge in [0.15, 0.2) is 0 Å². The van der Waals surface area contributed by atoms with E-state index >= 15 is 0 Å². The van der Waals surface area contributed by atoms with Gasteiger partial charge < -0.3 is 15.3 Å². The summed E-state index contributed by atoms with van der Waals surface area (Å²) in [7, 11) is 0. The smallest absolute Gasteiger partial charge is 0.321 e. The van der Waals surface area contributed by atoms with Gasteiger partial charge in [0.1, 0.15) is 0 Å². The topological polar surface area (TPSA) is 69.6 Å². The van der Waals surface area contributed by atoms with Crippen molar-refractivity contribution in [2.24, 2.45) is 5.92 Å². The molecule has 0 bridgehead atoms. The highest BCUT2D eigenvalue weighted by Crippen LogP contribution is 2.20. The highest BCUT2D eigenvalue weighted by atomic mass is 32.2. The minimum Gasteiger partial charge on any atom is -0.481 e. The van der Waals surface area contributed by atoms with Crippen molar-refractivity contribution in [2.45, 2.75) is 11.3 Å². The molecule has 2 amide bonds. The van der Waals surface area contributed by atoms with E-state index in [2.05, 4.69) is 5.32 Å². The highest BCUT2D eigenvalue weighted by molar-refractivity contribution is 7.98. The third-order valence-electron chi connectivity index (χ3n) is 3.17. The number of urea groups is 1. The van der Waals surface area contributed by atoms with E-state index in [0.717, 1.165) is 10.6 Å². The molecule has 1 saturated heterocycles. The lowest BCUT2D eigenvalue weighted by molar-refractivity contribution is -0.141. The van der Waals surface area contributed by atoms with E-state index in [1.165, 1.54) is 0 Å². The van der Waals surface area contributed by atoms with Gasteiger partial charge in [-0.2, -0.15) is 0 Å². The van der Waals surface area contributed by atoms with Crippen LogP contribution in [0.3, 0.4) is 0 Å². The van der Waals surface area contributed by atoms with Crippen LogP contribution in [-0.4, -0.2) is 41.4 Å². The van der Waals surface area contributed by atoms with Gasteiger partial charge in [-0.1, -0.05) is 0 Å². The summed E-state index contributed by atoms with van der Waals surface area (Å²) >= 11 is 1.64. The van der Waals surface area contributed by atoms with Gasteiger partial charge >= 0.3 is 12.0 Å². The Balaban J connectivity index is 1.92. The minimum absolute atomic E-state index is 0.236. The molecular weight excluding hydrogens is 264 g/mol. The third-order valence-corrected chi connectivity index (χ3v) is 3.91. The van der Waals surface area contributed by atoms with Crippen molar-refractivity contribution in [2.75, 3.05) is 24.7 Å². The Bertz CT molecular complexity index is 475. The van der Waals surface area contributed by atoms with Crippen LogP contribution in [0.25, 0.3) is 0 Å². The van der Waals surface area contributed by atoms with Gasteiger partial charge in [-0.05, 0) is 36.9 Å². The maximum atomic E-state index is 12.0. The Labute approximate surface area is 116 Å². The summed E-state index contributed by atoms with van der Waals surface area (Å²) < 4.78 is 0. The second-order valence-corrected chi connectivity index (χ2v) is 5.31. The molecule has 0 spiro atoms. The lowest BCUT2D eigenvalue weighted by Gasteiger charge is -2.16. The Morgan fingerprint density at radius 2 is 2.05 bits per heavy atom. The molecule has 5 nitrogen and oxygen atoms in total. The van der Waals surface area contributed by atoms with Crippen molar-refractivity contribution in [3.8, 4) is 0 Å². The number of nitrogens with zero attached hydrogens (tertiary/aromatic N) is 1. The molecule has 6 heteroatoms. The van der Waals surface area contributed by atoms with Gasteiger partial charge in [0.2, 0.25) is 0 Å². The maximum absolute atomic E-state index is 12.0. The zero-order chi connectivity index (χ0) is 13.8. The molecule has 0 saturated carbocycles. The molecule has 2 N–H and O–H groups in total. The molecule has 19 heavy (non-hydrogen) atoms. The Morgan fingerprint density at radius 1 is 1.37 bits per heavy atom. The summed E-state index contributed by atoms with van der Waals surface area (Å²) in [4.78, 5) is 25.5. The lowest BCUT2D eigenvalue weighted by Crippen LogP contribution is -2.33. The van der Waals surface area contributed by atoms with Crippen LogP contribution in [0.2, 0.25) is 0 Å². The van der Waals surface area contributed by atoms with Gasteiger partial charge in [0, 0.05) is 23.7 Å². The number of aliphatic carboxylic acids is 1. The summed E-state index contributed by atoms with van der Waals surface area (Å²) in [5.74, 6) is -1.27. The van der Waals surface area contributed by atoms with E-state index in [1.807, 2.05) is 30.5 Å². The number of carbonyl (C=O) groups is 2. The predicted molar refractivity (Wildman–Crippen MR) is 74.6 cm³/mol. The number of carboxylic acids is 1. The summed E-state index contributed by atoms with van der Waals surface area (Å²) in [6.07, 6.45) is 2.51. The van der Waals surface area contributed by atoms with E-state index < -0.39 is 11.9 Å². The van der Waals surface area contributed by atoms with Gasteiger partial charge in [0.25, 0.3) is 0 Å². The van der Waals surface area contributed by atoms with Crippen LogP contribution in [0.15, 0.2) is 29.2 Å². The quantitative estimate of drug-likeness (QED) is 0.834. The lowest BCUT2D eigenvalue weighted by atomic mass is 10.1. The van der Waals surface area contributed by atoms with Crippen LogP contribution >= 0.6 is 11.8 Å². The molecule has 1 atom stereocenters. The highest BCUT2D eigenvalue weighted by Gasteiger charge is 2.30. The molecule has 1 aliphatic heterocycles.